The summed E-state index contributed by atoms with van der Waals surface area (Å²) in [5.41, 5.74) is 1.14. The maximum atomic E-state index is 12.9. The van der Waals surface area contributed by atoms with Crippen molar-refractivity contribution in [3.8, 4) is 23.5 Å². The van der Waals surface area contributed by atoms with Crippen molar-refractivity contribution in [1.82, 2.24) is 9.88 Å². The number of aromatic nitrogens is 1. The van der Waals surface area contributed by atoms with Crippen molar-refractivity contribution >= 4 is 23.4 Å². The molecule has 2 aliphatic rings. The van der Waals surface area contributed by atoms with Crippen LogP contribution in [0.2, 0.25) is 0 Å². The molecule has 156 valence electrons. The van der Waals surface area contributed by atoms with Gasteiger partial charge in [0.25, 0.3) is 17.7 Å². The molecule has 2 aliphatic heterocycles. The molecule has 3 aromatic rings. The minimum atomic E-state index is -0.250. The van der Waals surface area contributed by atoms with Gasteiger partial charge in [-0.05, 0) is 30.3 Å². The van der Waals surface area contributed by atoms with Gasteiger partial charge in [-0.1, -0.05) is 0 Å². The second-order valence-corrected chi connectivity index (χ2v) is 7.09. The lowest BCUT2D eigenvalue weighted by atomic mass is 10.1. The number of hydrogen-bond acceptors (Lipinski definition) is 8. The van der Waals surface area contributed by atoms with Crippen molar-refractivity contribution in [2.75, 3.05) is 43.0 Å². The molecular weight excluding hydrogens is 402 g/mol. The molecule has 0 unspecified atom stereocenters. The number of furan rings is 1. The highest BCUT2D eigenvalue weighted by atomic mass is 16.5. The number of ether oxygens (including phenoxy) is 1. The Kier molecular flexibility index (Phi) is 4.55. The zero-order valence-corrected chi connectivity index (χ0v) is 16.3. The first kappa shape index (κ1) is 18.7. The van der Waals surface area contributed by atoms with Crippen LogP contribution in [-0.2, 0) is 4.79 Å². The first-order valence-corrected chi connectivity index (χ1v) is 9.68. The number of nitrogens with one attached hydrogen (secondary N) is 1. The van der Waals surface area contributed by atoms with Crippen LogP contribution in [0.1, 0.15) is 16.1 Å². The van der Waals surface area contributed by atoms with Gasteiger partial charge in [0.1, 0.15) is 11.8 Å². The van der Waals surface area contributed by atoms with Crippen LogP contribution < -0.4 is 15.0 Å². The summed E-state index contributed by atoms with van der Waals surface area (Å²) in [5.74, 6) is 1.21. The van der Waals surface area contributed by atoms with E-state index in [1.165, 1.54) is 6.26 Å². The van der Waals surface area contributed by atoms with E-state index in [4.69, 9.17) is 13.6 Å². The maximum Gasteiger partial charge on any atom is 0.266 e. The summed E-state index contributed by atoms with van der Waals surface area (Å²) < 4.78 is 16.4. The minimum absolute atomic E-state index is 0.0315. The fourth-order valence-corrected chi connectivity index (χ4v) is 3.62. The number of benzene rings is 1. The lowest BCUT2D eigenvalue weighted by molar-refractivity contribution is -0.118. The molecule has 10 heteroatoms. The molecule has 0 spiro atoms. The van der Waals surface area contributed by atoms with Crippen LogP contribution in [0, 0.1) is 11.3 Å². The Hall–Kier alpha value is -4.26. The zero-order valence-electron chi connectivity index (χ0n) is 16.3. The van der Waals surface area contributed by atoms with Crippen molar-refractivity contribution in [3.05, 3.63) is 47.9 Å². The molecule has 0 saturated carbocycles. The summed E-state index contributed by atoms with van der Waals surface area (Å²) in [6.45, 7) is 1.83. The fourth-order valence-electron chi connectivity index (χ4n) is 3.62. The maximum absolute atomic E-state index is 12.9. The third kappa shape index (κ3) is 3.46. The highest BCUT2D eigenvalue weighted by molar-refractivity contribution is 6.00. The van der Waals surface area contributed by atoms with E-state index in [2.05, 4.69) is 16.4 Å². The quantitative estimate of drug-likeness (QED) is 0.684. The monoisotopic (exact) mass is 419 g/mol. The molecule has 2 aromatic heterocycles. The molecule has 5 rings (SSSR count). The molecule has 0 atom stereocenters. The van der Waals surface area contributed by atoms with E-state index in [0.717, 1.165) is 0 Å². The summed E-state index contributed by atoms with van der Waals surface area (Å²) in [5, 5.41) is 12.1. The van der Waals surface area contributed by atoms with Crippen molar-refractivity contribution in [3.63, 3.8) is 0 Å². The van der Waals surface area contributed by atoms with E-state index in [9.17, 15) is 14.9 Å². The summed E-state index contributed by atoms with van der Waals surface area (Å²) in [6, 6.07) is 10.5. The van der Waals surface area contributed by atoms with Crippen LogP contribution in [0.3, 0.4) is 0 Å². The van der Waals surface area contributed by atoms with Crippen LogP contribution in [0.4, 0.5) is 11.6 Å². The van der Waals surface area contributed by atoms with E-state index in [-0.39, 0.29) is 30.0 Å². The van der Waals surface area contributed by atoms with Crippen LogP contribution in [-0.4, -0.2) is 54.5 Å². The Morgan fingerprint density at radius 3 is 2.77 bits per heavy atom. The average Bonchev–Trinajstić information content (AvgIpc) is 3.48. The number of nitriles is 1. The molecule has 0 aliphatic carbocycles. The van der Waals surface area contributed by atoms with Gasteiger partial charge in [0.15, 0.2) is 12.4 Å². The van der Waals surface area contributed by atoms with E-state index in [1.807, 2.05) is 4.90 Å². The molecule has 31 heavy (non-hydrogen) atoms. The number of hydrogen-bond donors (Lipinski definition) is 1. The Labute approximate surface area is 176 Å². The standard InChI is InChI=1S/C21H17N5O5/c22-11-15-21(31-19(24-15)17-2-1-9-29-17)26-7-5-25(6-8-26)20(28)13-3-4-16-14(10-13)23-18(27)12-30-16/h1-4,9-10H,5-8,12H2,(H,23,27). The number of amides is 2. The topological polar surface area (TPSA) is 125 Å². The summed E-state index contributed by atoms with van der Waals surface area (Å²) in [4.78, 5) is 32.3. The van der Waals surface area contributed by atoms with Crippen LogP contribution in [0.15, 0.2) is 45.4 Å². The SMILES string of the molecule is N#Cc1nc(-c2ccco2)oc1N1CCN(C(=O)c2ccc3c(c2)NC(=O)CO3)CC1. The number of nitrogens with zero attached hydrogens (tertiary/aromatic N) is 4. The molecular formula is C21H17N5O5. The van der Waals surface area contributed by atoms with E-state index < -0.39 is 0 Å². The first-order chi connectivity index (χ1) is 15.1. The van der Waals surface area contributed by atoms with Gasteiger partial charge in [-0.3, -0.25) is 9.59 Å². The number of piperazine rings is 1. The number of fused-ring (bicyclic) bond motifs is 1. The number of carbonyl (C=O) groups is 2. The highest BCUT2D eigenvalue weighted by Gasteiger charge is 2.28. The van der Waals surface area contributed by atoms with Gasteiger partial charge in [0, 0.05) is 31.7 Å². The van der Waals surface area contributed by atoms with Crippen LogP contribution in [0.25, 0.3) is 11.7 Å². The van der Waals surface area contributed by atoms with E-state index >= 15 is 0 Å². The fraction of sp³-hybridized carbons (Fsp3) is 0.238. The third-order valence-corrected chi connectivity index (χ3v) is 5.16. The van der Waals surface area contributed by atoms with Crippen molar-refractivity contribution in [2.45, 2.75) is 0 Å². The lowest BCUT2D eigenvalue weighted by Gasteiger charge is -2.34. The number of carbonyl (C=O) groups excluding carboxylic acids is 2. The molecule has 0 radical (unpaired) electrons. The second-order valence-electron chi connectivity index (χ2n) is 7.09. The third-order valence-electron chi connectivity index (χ3n) is 5.16. The van der Waals surface area contributed by atoms with Gasteiger partial charge in [-0.2, -0.15) is 10.2 Å². The molecule has 1 N–H and O–H groups in total. The minimum Gasteiger partial charge on any atom is -0.482 e. The summed E-state index contributed by atoms with van der Waals surface area (Å²) in [6.07, 6.45) is 1.51. The van der Waals surface area contributed by atoms with Gasteiger partial charge in [-0.15, -0.1) is 0 Å². The Bertz CT molecular complexity index is 1190. The largest absolute Gasteiger partial charge is 0.482 e. The summed E-state index contributed by atoms with van der Waals surface area (Å²) >= 11 is 0. The number of rotatable bonds is 3. The summed E-state index contributed by atoms with van der Waals surface area (Å²) in [7, 11) is 0. The molecule has 10 nitrogen and oxygen atoms in total. The molecule has 1 fully saturated rings. The first-order valence-electron chi connectivity index (χ1n) is 9.68. The molecule has 1 saturated heterocycles. The number of oxazole rings is 1. The Morgan fingerprint density at radius 1 is 1.19 bits per heavy atom. The Morgan fingerprint density at radius 2 is 2.03 bits per heavy atom. The van der Waals surface area contributed by atoms with Crippen LogP contribution in [0.5, 0.6) is 5.75 Å². The van der Waals surface area contributed by atoms with E-state index in [0.29, 0.717) is 54.8 Å². The van der Waals surface area contributed by atoms with Gasteiger partial charge >= 0.3 is 0 Å². The predicted molar refractivity (Wildman–Crippen MR) is 108 cm³/mol. The van der Waals surface area contributed by atoms with Crippen molar-refractivity contribution < 1.29 is 23.2 Å². The van der Waals surface area contributed by atoms with Crippen LogP contribution >= 0.6 is 0 Å². The predicted octanol–water partition coefficient (Wildman–Crippen LogP) is 2.10. The second kappa shape index (κ2) is 7.53. The van der Waals surface area contributed by atoms with E-state index in [1.54, 1.807) is 35.2 Å². The Balaban J connectivity index is 1.29. The number of anilines is 2. The molecule has 0 bridgehead atoms. The van der Waals surface area contributed by atoms with Crippen molar-refractivity contribution in [2.24, 2.45) is 0 Å². The van der Waals surface area contributed by atoms with Gasteiger partial charge < -0.3 is 28.7 Å². The molecule has 1 aromatic carbocycles. The normalized spacial score (nSPS) is 15.6. The van der Waals surface area contributed by atoms with Gasteiger partial charge in [0.2, 0.25) is 11.6 Å². The van der Waals surface area contributed by atoms with Gasteiger partial charge in [-0.25, -0.2) is 0 Å². The van der Waals surface area contributed by atoms with Crippen molar-refractivity contribution in [1.29, 1.82) is 5.26 Å². The zero-order chi connectivity index (χ0) is 21.4. The smallest absolute Gasteiger partial charge is 0.266 e. The van der Waals surface area contributed by atoms with Gasteiger partial charge in [0.05, 0.1) is 12.0 Å². The average molecular weight is 419 g/mol. The highest BCUT2D eigenvalue weighted by Crippen LogP contribution is 2.31. The lowest BCUT2D eigenvalue weighted by Crippen LogP contribution is -2.49. The molecule has 4 heterocycles. The molecule has 2 amide bonds.